The SMILES string of the molecule is CCCCCC(=O)OC(C)c1ccc(-c2ccccc2-c2ccc(OCCCC)cc2)cc1. The molecule has 3 heteroatoms. The van der Waals surface area contributed by atoms with Gasteiger partial charge in [-0.2, -0.15) is 0 Å². The van der Waals surface area contributed by atoms with Gasteiger partial charge in [0.2, 0.25) is 0 Å². The summed E-state index contributed by atoms with van der Waals surface area (Å²) in [5, 5.41) is 0. The van der Waals surface area contributed by atoms with Gasteiger partial charge < -0.3 is 9.47 Å². The summed E-state index contributed by atoms with van der Waals surface area (Å²) in [4.78, 5) is 12.1. The molecule has 0 saturated carbocycles. The molecule has 3 rings (SSSR count). The van der Waals surface area contributed by atoms with Crippen LogP contribution in [0.5, 0.6) is 5.75 Å². The first-order valence-corrected chi connectivity index (χ1v) is 12.2. The zero-order valence-corrected chi connectivity index (χ0v) is 20.2. The molecule has 174 valence electrons. The number of hydrogen-bond donors (Lipinski definition) is 0. The van der Waals surface area contributed by atoms with Crippen LogP contribution in [-0.2, 0) is 9.53 Å². The Kier molecular flexibility index (Phi) is 9.56. The molecule has 1 atom stereocenters. The van der Waals surface area contributed by atoms with Crippen LogP contribution in [0.2, 0.25) is 0 Å². The third kappa shape index (κ3) is 7.21. The van der Waals surface area contributed by atoms with E-state index in [4.69, 9.17) is 9.47 Å². The van der Waals surface area contributed by atoms with Crippen molar-refractivity contribution in [2.24, 2.45) is 0 Å². The van der Waals surface area contributed by atoms with E-state index in [9.17, 15) is 4.79 Å². The molecule has 0 amide bonds. The van der Waals surface area contributed by atoms with Gasteiger partial charge >= 0.3 is 5.97 Å². The predicted octanol–water partition coefficient (Wildman–Crippen LogP) is 8.38. The molecule has 3 nitrogen and oxygen atoms in total. The Bertz CT molecular complexity index is 990. The van der Waals surface area contributed by atoms with Crippen molar-refractivity contribution in [2.75, 3.05) is 6.61 Å². The zero-order chi connectivity index (χ0) is 23.5. The van der Waals surface area contributed by atoms with Gasteiger partial charge in [-0.3, -0.25) is 4.79 Å². The molecule has 1 unspecified atom stereocenters. The fourth-order valence-corrected chi connectivity index (χ4v) is 3.83. The van der Waals surface area contributed by atoms with Gasteiger partial charge in [0.05, 0.1) is 6.61 Å². The Morgan fingerprint density at radius 2 is 1.33 bits per heavy atom. The molecule has 0 saturated heterocycles. The zero-order valence-electron chi connectivity index (χ0n) is 20.2. The molecular weight excluding hydrogens is 408 g/mol. The molecule has 3 aromatic rings. The average Bonchev–Trinajstić information content (AvgIpc) is 2.85. The lowest BCUT2D eigenvalue weighted by Crippen LogP contribution is -2.08. The number of benzene rings is 3. The van der Waals surface area contributed by atoms with Crippen molar-refractivity contribution in [3.63, 3.8) is 0 Å². The maximum atomic E-state index is 12.1. The maximum Gasteiger partial charge on any atom is 0.306 e. The summed E-state index contributed by atoms with van der Waals surface area (Å²) in [6.07, 6.45) is 5.50. The Hall–Kier alpha value is -3.07. The van der Waals surface area contributed by atoms with Gasteiger partial charge in [0.1, 0.15) is 11.9 Å². The molecule has 0 spiro atoms. The van der Waals surface area contributed by atoms with Gasteiger partial charge in [-0.05, 0) is 59.7 Å². The van der Waals surface area contributed by atoms with Gasteiger partial charge in [0.15, 0.2) is 0 Å². The molecule has 0 N–H and O–H groups in total. The number of esters is 1. The lowest BCUT2D eigenvalue weighted by molar-refractivity contribution is -0.148. The van der Waals surface area contributed by atoms with Gasteiger partial charge in [-0.1, -0.05) is 93.8 Å². The number of carbonyl (C=O) groups excluding carboxylic acids is 1. The number of rotatable bonds is 12. The Labute approximate surface area is 198 Å². The molecule has 0 aliphatic rings. The molecule has 0 aliphatic carbocycles. The number of unbranched alkanes of at least 4 members (excludes halogenated alkanes) is 3. The van der Waals surface area contributed by atoms with Crippen LogP contribution >= 0.6 is 0 Å². The summed E-state index contributed by atoms with van der Waals surface area (Å²) in [5.41, 5.74) is 5.66. The molecule has 0 bridgehead atoms. The minimum Gasteiger partial charge on any atom is -0.494 e. The van der Waals surface area contributed by atoms with Crippen molar-refractivity contribution in [1.82, 2.24) is 0 Å². The molecule has 33 heavy (non-hydrogen) atoms. The lowest BCUT2D eigenvalue weighted by atomic mass is 9.94. The van der Waals surface area contributed by atoms with Crippen LogP contribution in [0.3, 0.4) is 0 Å². The molecule has 0 fully saturated rings. The van der Waals surface area contributed by atoms with Gasteiger partial charge in [0, 0.05) is 6.42 Å². The van der Waals surface area contributed by atoms with Crippen molar-refractivity contribution in [1.29, 1.82) is 0 Å². The summed E-state index contributed by atoms with van der Waals surface area (Å²) < 4.78 is 11.4. The third-order valence-corrected chi connectivity index (χ3v) is 5.84. The van der Waals surface area contributed by atoms with Gasteiger partial charge in [-0.15, -0.1) is 0 Å². The van der Waals surface area contributed by atoms with Crippen molar-refractivity contribution in [3.05, 3.63) is 78.4 Å². The summed E-state index contributed by atoms with van der Waals surface area (Å²) in [6.45, 7) is 6.99. The van der Waals surface area contributed by atoms with Gasteiger partial charge in [-0.25, -0.2) is 0 Å². The number of ether oxygens (including phenoxy) is 2. The Morgan fingerprint density at radius 3 is 1.91 bits per heavy atom. The van der Waals surface area contributed by atoms with E-state index in [0.29, 0.717) is 6.42 Å². The monoisotopic (exact) mass is 444 g/mol. The topological polar surface area (TPSA) is 35.5 Å². The molecule has 3 aromatic carbocycles. The summed E-state index contributed by atoms with van der Waals surface area (Å²) in [6, 6.07) is 25.1. The van der Waals surface area contributed by atoms with E-state index >= 15 is 0 Å². The second-order valence-electron chi connectivity index (χ2n) is 8.48. The largest absolute Gasteiger partial charge is 0.494 e. The minimum atomic E-state index is -0.247. The third-order valence-electron chi connectivity index (χ3n) is 5.84. The van der Waals surface area contributed by atoms with Crippen LogP contribution in [0.4, 0.5) is 0 Å². The van der Waals surface area contributed by atoms with Crippen molar-refractivity contribution >= 4 is 5.97 Å². The molecule has 0 heterocycles. The minimum absolute atomic E-state index is 0.118. The van der Waals surface area contributed by atoms with E-state index in [1.165, 1.54) is 11.1 Å². The second kappa shape index (κ2) is 12.8. The van der Waals surface area contributed by atoms with Crippen molar-refractivity contribution < 1.29 is 14.3 Å². The van der Waals surface area contributed by atoms with Crippen LogP contribution in [0, 0.1) is 0 Å². The number of carbonyl (C=O) groups is 1. The van der Waals surface area contributed by atoms with E-state index in [-0.39, 0.29) is 12.1 Å². The molecule has 0 aromatic heterocycles. The average molecular weight is 445 g/mol. The molecule has 0 aliphatic heterocycles. The Morgan fingerprint density at radius 1 is 0.758 bits per heavy atom. The molecular formula is C30H36O3. The highest BCUT2D eigenvalue weighted by Gasteiger charge is 2.13. The lowest BCUT2D eigenvalue weighted by Gasteiger charge is -2.15. The Balaban J connectivity index is 1.71. The van der Waals surface area contributed by atoms with E-state index < -0.39 is 0 Å². The first-order valence-electron chi connectivity index (χ1n) is 12.2. The summed E-state index contributed by atoms with van der Waals surface area (Å²) >= 11 is 0. The van der Waals surface area contributed by atoms with Crippen LogP contribution in [0.25, 0.3) is 22.3 Å². The van der Waals surface area contributed by atoms with Crippen molar-refractivity contribution in [2.45, 2.75) is 65.4 Å². The van der Waals surface area contributed by atoms with E-state index in [0.717, 1.165) is 61.2 Å². The first-order chi connectivity index (χ1) is 16.1. The van der Waals surface area contributed by atoms with Crippen LogP contribution in [0.1, 0.15) is 71.0 Å². The summed E-state index contributed by atoms with van der Waals surface area (Å²) in [5.74, 6) is 0.791. The first kappa shape index (κ1) is 24.6. The van der Waals surface area contributed by atoms with E-state index in [1.807, 2.05) is 19.1 Å². The highest BCUT2D eigenvalue weighted by molar-refractivity contribution is 5.83. The molecule has 0 radical (unpaired) electrons. The van der Waals surface area contributed by atoms with Crippen LogP contribution in [0.15, 0.2) is 72.8 Å². The van der Waals surface area contributed by atoms with E-state index in [1.54, 1.807) is 0 Å². The predicted molar refractivity (Wildman–Crippen MR) is 136 cm³/mol. The second-order valence-corrected chi connectivity index (χ2v) is 8.48. The quantitative estimate of drug-likeness (QED) is 0.208. The highest BCUT2D eigenvalue weighted by atomic mass is 16.5. The maximum absolute atomic E-state index is 12.1. The van der Waals surface area contributed by atoms with E-state index in [2.05, 4.69) is 74.5 Å². The van der Waals surface area contributed by atoms with Crippen LogP contribution in [-0.4, -0.2) is 12.6 Å². The normalized spacial score (nSPS) is 11.7. The standard InChI is InChI=1S/C30H36O3/c1-4-6-8-13-30(31)33-23(3)24-14-16-25(17-15-24)28-11-9-10-12-29(28)26-18-20-27(21-19-26)32-22-7-5-2/h9-12,14-21,23H,4-8,13,22H2,1-3H3. The fourth-order valence-electron chi connectivity index (χ4n) is 3.83. The number of hydrogen-bond acceptors (Lipinski definition) is 3. The van der Waals surface area contributed by atoms with Gasteiger partial charge in [0.25, 0.3) is 0 Å². The fraction of sp³-hybridized carbons (Fsp3) is 0.367. The summed E-state index contributed by atoms with van der Waals surface area (Å²) in [7, 11) is 0. The van der Waals surface area contributed by atoms with Crippen molar-refractivity contribution in [3.8, 4) is 28.0 Å². The smallest absolute Gasteiger partial charge is 0.306 e. The highest BCUT2D eigenvalue weighted by Crippen LogP contribution is 2.33. The van der Waals surface area contributed by atoms with Crippen LogP contribution < -0.4 is 4.74 Å².